The second-order valence-corrected chi connectivity index (χ2v) is 7.50. The van der Waals surface area contributed by atoms with Crippen LogP contribution < -0.4 is 4.74 Å². The molecule has 0 aliphatic carbocycles. The van der Waals surface area contributed by atoms with Crippen molar-refractivity contribution in [3.8, 4) is 5.75 Å². The molecule has 0 bridgehead atoms. The highest BCUT2D eigenvalue weighted by Crippen LogP contribution is 2.38. The van der Waals surface area contributed by atoms with Crippen LogP contribution in [0.25, 0.3) is 10.8 Å². The molecule has 0 aromatic heterocycles. The molecule has 0 radical (unpaired) electrons. The second kappa shape index (κ2) is 10.5. The predicted octanol–water partition coefficient (Wildman–Crippen LogP) is 6.45. The fourth-order valence-electron chi connectivity index (χ4n) is 4.38. The van der Waals surface area contributed by atoms with Gasteiger partial charge in [-0.3, -0.25) is 0 Å². The lowest BCUT2D eigenvalue weighted by Gasteiger charge is -2.23. The molecule has 2 aromatic rings. The molecule has 0 spiro atoms. The lowest BCUT2D eigenvalue weighted by atomic mass is 9.82. The number of benzene rings is 2. The fraction of sp³-hybridized carbons (Fsp3) is 0.560. The zero-order valence-electron chi connectivity index (χ0n) is 18.5. The zero-order valence-corrected chi connectivity index (χ0v) is 18.5. The number of rotatable bonds is 10. The number of aryl methyl sites for hydroxylation is 2. The van der Waals surface area contributed by atoms with Crippen molar-refractivity contribution in [2.45, 2.75) is 79.1 Å². The number of methoxy groups -OCH3 is 2. The molecular formula is C25H36O3. The Morgan fingerprint density at radius 1 is 0.714 bits per heavy atom. The number of esters is 1. The van der Waals surface area contributed by atoms with Gasteiger partial charge in [0.15, 0.2) is 0 Å². The van der Waals surface area contributed by atoms with Crippen molar-refractivity contribution in [3.63, 3.8) is 0 Å². The molecule has 0 heterocycles. The number of carbonyl (C=O) groups is 1. The van der Waals surface area contributed by atoms with Crippen LogP contribution in [0.15, 0.2) is 12.1 Å². The minimum Gasteiger partial charge on any atom is -0.496 e. The summed E-state index contributed by atoms with van der Waals surface area (Å²) in [5.74, 6) is 0.262. The van der Waals surface area contributed by atoms with Crippen LogP contribution in [0.1, 0.15) is 86.0 Å². The van der Waals surface area contributed by atoms with E-state index in [-0.39, 0.29) is 5.97 Å². The normalized spacial score (nSPS) is 11.1. The van der Waals surface area contributed by atoms with Gasteiger partial charge in [0.25, 0.3) is 0 Å². The maximum Gasteiger partial charge on any atom is 0.341 e. The van der Waals surface area contributed by atoms with E-state index in [1.54, 1.807) is 7.11 Å². The summed E-state index contributed by atoms with van der Waals surface area (Å²) in [6.45, 7) is 8.98. The molecule has 28 heavy (non-hydrogen) atoms. The molecule has 0 saturated heterocycles. The number of ether oxygens (including phenoxy) is 2. The van der Waals surface area contributed by atoms with Gasteiger partial charge in [-0.2, -0.15) is 0 Å². The number of carbonyl (C=O) groups excluding carboxylic acids is 1. The van der Waals surface area contributed by atoms with Crippen LogP contribution in [0.4, 0.5) is 0 Å². The molecule has 0 aliphatic heterocycles. The van der Waals surface area contributed by atoms with Crippen LogP contribution in [0.5, 0.6) is 5.75 Å². The third-order valence-electron chi connectivity index (χ3n) is 5.49. The van der Waals surface area contributed by atoms with Gasteiger partial charge in [-0.05, 0) is 70.8 Å². The van der Waals surface area contributed by atoms with Crippen LogP contribution in [-0.4, -0.2) is 20.2 Å². The summed E-state index contributed by atoms with van der Waals surface area (Å²) in [7, 11) is 3.05. The molecule has 0 atom stereocenters. The maximum atomic E-state index is 12.4. The largest absolute Gasteiger partial charge is 0.496 e. The van der Waals surface area contributed by atoms with E-state index in [0.29, 0.717) is 11.3 Å². The van der Waals surface area contributed by atoms with E-state index in [1.165, 1.54) is 40.1 Å². The summed E-state index contributed by atoms with van der Waals surface area (Å²) in [5, 5.41) is 2.45. The van der Waals surface area contributed by atoms with Crippen molar-refractivity contribution in [2.75, 3.05) is 14.2 Å². The predicted molar refractivity (Wildman–Crippen MR) is 118 cm³/mol. The van der Waals surface area contributed by atoms with E-state index in [9.17, 15) is 4.79 Å². The van der Waals surface area contributed by atoms with E-state index < -0.39 is 0 Å². The maximum absolute atomic E-state index is 12.4. The van der Waals surface area contributed by atoms with Crippen molar-refractivity contribution in [1.82, 2.24) is 0 Å². The number of fused-ring (bicyclic) bond motifs is 1. The zero-order chi connectivity index (χ0) is 20.7. The highest BCUT2D eigenvalue weighted by atomic mass is 16.5. The van der Waals surface area contributed by atoms with Crippen LogP contribution in [0, 0.1) is 0 Å². The number of hydrogen-bond donors (Lipinski definition) is 0. The molecule has 0 aliphatic rings. The quantitative estimate of drug-likeness (QED) is 0.442. The Bertz CT molecular complexity index is 821. The summed E-state index contributed by atoms with van der Waals surface area (Å²) >= 11 is 0. The first-order valence-electron chi connectivity index (χ1n) is 10.8. The lowest BCUT2D eigenvalue weighted by Crippen LogP contribution is -2.10. The summed E-state index contributed by atoms with van der Waals surface area (Å²) in [6, 6.07) is 4.08. The molecule has 154 valence electrons. The first kappa shape index (κ1) is 22.3. The van der Waals surface area contributed by atoms with Crippen LogP contribution >= 0.6 is 0 Å². The van der Waals surface area contributed by atoms with Gasteiger partial charge >= 0.3 is 5.97 Å². The fourth-order valence-corrected chi connectivity index (χ4v) is 4.38. The molecule has 3 nitrogen and oxygen atoms in total. The molecule has 0 unspecified atom stereocenters. The van der Waals surface area contributed by atoms with Gasteiger partial charge in [-0.25, -0.2) is 4.79 Å². The van der Waals surface area contributed by atoms with Gasteiger partial charge in [0.05, 0.1) is 14.2 Å². The van der Waals surface area contributed by atoms with Gasteiger partial charge < -0.3 is 9.47 Å². The van der Waals surface area contributed by atoms with E-state index in [0.717, 1.165) is 51.4 Å². The highest BCUT2D eigenvalue weighted by Gasteiger charge is 2.22. The lowest BCUT2D eigenvalue weighted by molar-refractivity contribution is 0.0597. The third kappa shape index (κ3) is 4.34. The van der Waals surface area contributed by atoms with E-state index in [1.807, 2.05) is 6.07 Å². The first-order chi connectivity index (χ1) is 13.6. The molecule has 0 saturated carbocycles. The van der Waals surface area contributed by atoms with E-state index in [4.69, 9.17) is 9.47 Å². The average molecular weight is 385 g/mol. The van der Waals surface area contributed by atoms with Crippen molar-refractivity contribution in [1.29, 1.82) is 0 Å². The summed E-state index contributed by atoms with van der Waals surface area (Å²) in [6.07, 6.45) is 8.74. The molecule has 3 heteroatoms. The molecule has 0 amide bonds. The topological polar surface area (TPSA) is 35.5 Å². The minimum absolute atomic E-state index is 0.340. The Labute approximate surface area is 170 Å². The van der Waals surface area contributed by atoms with E-state index in [2.05, 4.69) is 33.8 Å². The Hall–Kier alpha value is -2.03. The molecule has 2 aromatic carbocycles. The van der Waals surface area contributed by atoms with Gasteiger partial charge in [-0.1, -0.05) is 53.4 Å². The van der Waals surface area contributed by atoms with Crippen molar-refractivity contribution < 1.29 is 14.3 Å². The van der Waals surface area contributed by atoms with Crippen molar-refractivity contribution in [3.05, 3.63) is 39.9 Å². The smallest absolute Gasteiger partial charge is 0.341 e. The minimum atomic E-state index is -0.340. The van der Waals surface area contributed by atoms with E-state index >= 15 is 0 Å². The molecule has 0 fully saturated rings. The van der Waals surface area contributed by atoms with Crippen LogP contribution in [0.3, 0.4) is 0 Å². The van der Waals surface area contributed by atoms with Gasteiger partial charge in [0, 0.05) is 0 Å². The molecule has 2 rings (SSSR count). The summed E-state index contributed by atoms with van der Waals surface area (Å²) in [5.41, 5.74) is 6.42. The third-order valence-corrected chi connectivity index (χ3v) is 5.49. The Morgan fingerprint density at radius 3 is 1.54 bits per heavy atom. The molecule has 0 N–H and O–H groups in total. The van der Waals surface area contributed by atoms with Crippen molar-refractivity contribution in [2.24, 2.45) is 0 Å². The number of hydrogen-bond acceptors (Lipinski definition) is 3. The first-order valence-corrected chi connectivity index (χ1v) is 10.8. The Morgan fingerprint density at radius 2 is 1.14 bits per heavy atom. The van der Waals surface area contributed by atoms with Gasteiger partial charge in [-0.15, -0.1) is 0 Å². The SMILES string of the molecule is CCCc1c(CCC)c(CCC)c2cc(C(=O)OC)c(OC)cc2c1CCC. The highest BCUT2D eigenvalue weighted by molar-refractivity contribution is 6.01. The molecular weight excluding hydrogens is 348 g/mol. The second-order valence-electron chi connectivity index (χ2n) is 7.50. The Kier molecular flexibility index (Phi) is 8.35. The Balaban J connectivity index is 3.00. The standard InChI is InChI=1S/C25H36O3/c1-7-11-17-18(12-8-2)20(14-10-4)22-16-24(27-5)23(25(26)28-6)15-21(22)19(17)13-9-3/h15-16H,7-14H2,1-6H3. The van der Waals surface area contributed by atoms with Gasteiger partial charge in [0.2, 0.25) is 0 Å². The monoisotopic (exact) mass is 384 g/mol. The van der Waals surface area contributed by atoms with Crippen LogP contribution in [0.2, 0.25) is 0 Å². The summed E-state index contributed by atoms with van der Waals surface area (Å²) in [4.78, 5) is 12.4. The summed E-state index contributed by atoms with van der Waals surface area (Å²) < 4.78 is 10.6. The van der Waals surface area contributed by atoms with Gasteiger partial charge in [0.1, 0.15) is 11.3 Å². The average Bonchev–Trinajstić information content (AvgIpc) is 2.71. The van der Waals surface area contributed by atoms with Crippen molar-refractivity contribution >= 4 is 16.7 Å². The van der Waals surface area contributed by atoms with Crippen LogP contribution in [-0.2, 0) is 30.4 Å².